The maximum absolute atomic E-state index is 6.08. The molecule has 3 nitrogen and oxygen atoms in total. The third kappa shape index (κ3) is 4.67. The lowest BCUT2D eigenvalue weighted by molar-refractivity contribution is 0.506. The van der Waals surface area contributed by atoms with E-state index in [0.717, 1.165) is 37.6 Å². The molecule has 1 aromatic rings. The van der Waals surface area contributed by atoms with E-state index in [1.165, 1.54) is 0 Å². The second-order valence-electron chi connectivity index (χ2n) is 5.38. The number of nitrogens with one attached hydrogen (secondary N) is 2. The average molecular weight is 428 g/mol. The van der Waals surface area contributed by atoms with E-state index >= 15 is 0 Å². The Bertz CT molecular complexity index is 489. The molecule has 1 heterocycles. The summed E-state index contributed by atoms with van der Waals surface area (Å²) in [6, 6.07) is 5.80. The first kappa shape index (κ1) is 17.9. The predicted octanol–water partition coefficient (Wildman–Crippen LogP) is 3.83. The highest BCUT2D eigenvalue weighted by Crippen LogP contribution is 2.29. The van der Waals surface area contributed by atoms with Gasteiger partial charge in [0.2, 0.25) is 0 Å². The minimum absolute atomic E-state index is 0. The number of hydrogen-bond donors (Lipinski definition) is 2. The summed E-state index contributed by atoms with van der Waals surface area (Å²) < 4.78 is 0. The van der Waals surface area contributed by atoms with Gasteiger partial charge in [-0.25, -0.2) is 0 Å². The molecule has 0 amide bonds. The largest absolute Gasteiger partial charge is 0.356 e. The van der Waals surface area contributed by atoms with Crippen LogP contribution in [0.5, 0.6) is 0 Å². The molecule has 20 heavy (non-hydrogen) atoms. The van der Waals surface area contributed by atoms with E-state index in [1.54, 1.807) is 0 Å². The molecule has 1 aliphatic rings. The summed E-state index contributed by atoms with van der Waals surface area (Å²) in [4.78, 5) is 4.41. The highest BCUT2D eigenvalue weighted by Gasteiger charge is 2.22. The summed E-state index contributed by atoms with van der Waals surface area (Å²) in [5, 5.41) is 7.80. The molecule has 0 saturated carbocycles. The van der Waals surface area contributed by atoms with Crippen LogP contribution in [-0.4, -0.2) is 25.6 Å². The average Bonchev–Trinajstić information content (AvgIpc) is 2.41. The zero-order valence-electron chi connectivity index (χ0n) is 11.7. The first-order valence-electron chi connectivity index (χ1n) is 6.47. The van der Waals surface area contributed by atoms with Gasteiger partial charge < -0.3 is 10.6 Å². The van der Waals surface area contributed by atoms with Crippen molar-refractivity contribution >= 4 is 53.1 Å². The maximum Gasteiger partial charge on any atom is 0.191 e. The van der Waals surface area contributed by atoms with Crippen molar-refractivity contribution in [3.8, 4) is 0 Å². The van der Waals surface area contributed by atoms with Crippen molar-refractivity contribution in [2.24, 2.45) is 4.99 Å². The molecule has 2 rings (SSSR count). The molecular weight excluding hydrogens is 408 g/mol. The Morgan fingerprint density at radius 2 is 2.05 bits per heavy atom. The normalized spacial score (nSPS) is 14.9. The summed E-state index contributed by atoms with van der Waals surface area (Å²) in [6.45, 7) is 7.00. The van der Waals surface area contributed by atoms with E-state index in [9.17, 15) is 0 Å². The van der Waals surface area contributed by atoms with Crippen LogP contribution < -0.4 is 10.6 Å². The SMILES string of the molecule is CC(C)(CNC1=NCCCN1)c1ccc(Cl)c(Cl)c1.I. The van der Waals surface area contributed by atoms with Gasteiger partial charge in [0.25, 0.3) is 0 Å². The van der Waals surface area contributed by atoms with Gasteiger partial charge in [-0.15, -0.1) is 24.0 Å². The van der Waals surface area contributed by atoms with Gasteiger partial charge in [0.15, 0.2) is 5.96 Å². The minimum atomic E-state index is -0.0458. The molecule has 112 valence electrons. The van der Waals surface area contributed by atoms with E-state index in [-0.39, 0.29) is 29.4 Å². The van der Waals surface area contributed by atoms with Crippen molar-refractivity contribution in [1.82, 2.24) is 10.6 Å². The Morgan fingerprint density at radius 3 is 2.65 bits per heavy atom. The fraction of sp³-hybridized carbons (Fsp3) is 0.500. The summed E-state index contributed by atoms with van der Waals surface area (Å²) in [5.41, 5.74) is 1.11. The third-order valence-electron chi connectivity index (χ3n) is 3.30. The van der Waals surface area contributed by atoms with E-state index in [2.05, 4.69) is 29.5 Å². The molecule has 0 bridgehead atoms. The standard InChI is InChI=1S/C14H19Cl2N3.HI/c1-14(2,9-19-13-17-6-3-7-18-13)10-4-5-11(15)12(16)8-10;/h4-5,8H,3,6-7,9H2,1-2H3,(H2,17,18,19);1H. The fourth-order valence-electron chi connectivity index (χ4n) is 1.97. The molecular formula is C14H20Cl2IN3. The molecule has 0 spiro atoms. The maximum atomic E-state index is 6.08. The number of hydrogen-bond acceptors (Lipinski definition) is 3. The van der Waals surface area contributed by atoms with Crippen molar-refractivity contribution in [3.63, 3.8) is 0 Å². The number of aliphatic imine (C=N–C) groups is 1. The number of nitrogens with zero attached hydrogens (tertiary/aromatic N) is 1. The molecule has 1 aromatic carbocycles. The van der Waals surface area contributed by atoms with Crippen LogP contribution in [0, 0.1) is 0 Å². The Kier molecular flexibility index (Phi) is 6.88. The van der Waals surface area contributed by atoms with E-state index in [4.69, 9.17) is 23.2 Å². The number of guanidine groups is 1. The van der Waals surface area contributed by atoms with Gasteiger partial charge in [0, 0.05) is 25.0 Å². The highest BCUT2D eigenvalue weighted by atomic mass is 127. The lowest BCUT2D eigenvalue weighted by Gasteiger charge is -2.28. The molecule has 0 saturated heterocycles. The molecule has 1 aliphatic heterocycles. The number of rotatable bonds is 3. The van der Waals surface area contributed by atoms with Crippen LogP contribution in [0.3, 0.4) is 0 Å². The molecule has 0 aromatic heterocycles. The Labute approximate surface area is 147 Å². The van der Waals surface area contributed by atoms with Gasteiger partial charge in [0.05, 0.1) is 10.0 Å². The van der Waals surface area contributed by atoms with Crippen LogP contribution in [0.4, 0.5) is 0 Å². The third-order valence-corrected chi connectivity index (χ3v) is 4.04. The van der Waals surface area contributed by atoms with E-state index in [1.807, 2.05) is 18.2 Å². The Morgan fingerprint density at radius 1 is 1.30 bits per heavy atom. The lowest BCUT2D eigenvalue weighted by atomic mass is 9.84. The van der Waals surface area contributed by atoms with Gasteiger partial charge in [-0.3, -0.25) is 4.99 Å². The molecule has 0 aliphatic carbocycles. The zero-order valence-corrected chi connectivity index (χ0v) is 15.5. The van der Waals surface area contributed by atoms with Crippen LogP contribution in [0.15, 0.2) is 23.2 Å². The first-order valence-corrected chi connectivity index (χ1v) is 7.22. The highest BCUT2D eigenvalue weighted by molar-refractivity contribution is 14.0. The molecule has 0 radical (unpaired) electrons. The second kappa shape index (κ2) is 7.71. The molecule has 0 fully saturated rings. The lowest BCUT2D eigenvalue weighted by Crippen LogP contribution is -2.45. The van der Waals surface area contributed by atoms with Crippen molar-refractivity contribution in [1.29, 1.82) is 0 Å². The molecule has 2 N–H and O–H groups in total. The first-order chi connectivity index (χ1) is 8.99. The van der Waals surface area contributed by atoms with Crippen LogP contribution >= 0.6 is 47.2 Å². The number of halogens is 3. The minimum Gasteiger partial charge on any atom is -0.356 e. The quantitative estimate of drug-likeness (QED) is 0.719. The van der Waals surface area contributed by atoms with E-state index in [0.29, 0.717) is 10.0 Å². The summed E-state index contributed by atoms with van der Waals surface area (Å²) in [5.74, 6) is 0.888. The van der Waals surface area contributed by atoms with Gasteiger partial charge in [-0.1, -0.05) is 43.1 Å². The van der Waals surface area contributed by atoms with Gasteiger partial charge >= 0.3 is 0 Å². The molecule has 6 heteroatoms. The second-order valence-corrected chi connectivity index (χ2v) is 6.19. The van der Waals surface area contributed by atoms with Crippen LogP contribution in [0.1, 0.15) is 25.8 Å². The Balaban J connectivity index is 0.00000200. The fourth-order valence-corrected chi connectivity index (χ4v) is 2.27. The Hall–Kier alpha value is -0.200. The van der Waals surface area contributed by atoms with Crippen molar-refractivity contribution in [2.45, 2.75) is 25.7 Å². The predicted molar refractivity (Wildman–Crippen MR) is 97.8 cm³/mol. The van der Waals surface area contributed by atoms with E-state index < -0.39 is 0 Å². The number of benzene rings is 1. The summed E-state index contributed by atoms with van der Waals surface area (Å²) >= 11 is 12.0. The van der Waals surface area contributed by atoms with Crippen molar-refractivity contribution in [2.75, 3.05) is 19.6 Å². The zero-order chi connectivity index (χ0) is 13.9. The van der Waals surface area contributed by atoms with Crippen molar-refractivity contribution < 1.29 is 0 Å². The van der Waals surface area contributed by atoms with Gasteiger partial charge in [0.1, 0.15) is 0 Å². The van der Waals surface area contributed by atoms with Crippen molar-refractivity contribution in [3.05, 3.63) is 33.8 Å². The van der Waals surface area contributed by atoms with Crippen LogP contribution in [0.2, 0.25) is 10.0 Å². The molecule has 0 atom stereocenters. The van der Waals surface area contributed by atoms with Gasteiger partial charge in [-0.2, -0.15) is 0 Å². The monoisotopic (exact) mass is 427 g/mol. The van der Waals surface area contributed by atoms with Gasteiger partial charge in [-0.05, 0) is 24.1 Å². The van der Waals surface area contributed by atoms with Crippen LogP contribution in [0.25, 0.3) is 0 Å². The summed E-state index contributed by atoms with van der Waals surface area (Å²) in [6.07, 6.45) is 1.10. The topological polar surface area (TPSA) is 36.4 Å². The summed E-state index contributed by atoms with van der Waals surface area (Å²) in [7, 11) is 0. The van der Waals surface area contributed by atoms with Crippen LogP contribution in [-0.2, 0) is 5.41 Å². The molecule has 0 unspecified atom stereocenters. The smallest absolute Gasteiger partial charge is 0.191 e.